The topological polar surface area (TPSA) is 56.0 Å². The number of aromatic nitrogens is 2. The fraction of sp³-hybridized carbons (Fsp3) is 0.357. The number of benzene rings is 1. The molecule has 0 fully saturated rings. The normalized spacial score (nSPS) is 12.4. The van der Waals surface area contributed by atoms with Gasteiger partial charge in [-0.3, -0.25) is 4.79 Å². The molecule has 0 saturated carbocycles. The lowest BCUT2D eigenvalue weighted by atomic mass is 10.1. The Morgan fingerprint density at radius 3 is 2.53 bits per heavy atom. The van der Waals surface area contributed by atoms with Gasteiger partial charge in [-0.15, -0.1) is 10.2 Å². The summed E-state index contributed by atoms with van der Waals surface area (Å²) in [5.74, 6) is 0.581. The summed E-state index contributed by atoms with van der Waals surface area (Å²) in [5, 5.41) is 7.82. The highest BCUT2D eigenvalue weighted by molar-refractivity contribution is 8.00. The van der Waals surface area contributed by atoms with Crippen molar-refractivity contribution in [3.05, 3.63) is 41.3 Å². The van der Waals surface area contributed by atoms with Gasteiger partial charge in [-0.1, -0.05) is 43.0 Å². The lowest BCUT2D eigenvalue weighted by molar-refractivity contribution is 0.0993. The Bertz CT molecular complexity index is 563. The Morgan fingerprint density at radius 1 is 1.32 bits per heavy atom. The zero-order valence-electron chi connectivity index (χ0n) is 11.2. The molecule has 100 valence electrons. The van der Waals surface area contributed by atoms with Crippen LogP contribution in [0.2, 0.25) is 0 Å². The molecule has 0 radical (unpaired) electrons. The fourth-order valence-corrected chi connectivity index (χ4v) is 2.47. The van der Waals surface area contributed by atoms with E-state index in [9.17, 15) is 4.79 Å². The molecule has 0 N–H and O–H groups in total. The molecule has 2 rings (SSSR count). The maximum Gasteiger partial charge on any atom is 0.277 e. The first-order valence-electron chi connectivity index (χ1n) is 6.20. The Labute approximate surface area is 116 Å². The highest BCUT2D eigenvalue weighted by atomic mass is 32.2. The van der Waals surface area contributed by atoms with E-state index in [-0.39, 0.29) is 11.0 Å². The predicted molar refractivity (Wildman–Crippen MR) is 74.5 cm³/mol. The third kappa shape index (κ3) is 3.44. The predicted octanol–water partition coefficient (Wildman–Crippen LogP) is 3.30. The second kappa shape index (κ2) is 6.02. The summed E-state index contributed by atoms with van der Waals surface area (Å²) in [6, 6.07) is 7.72. The zero-order chi connectivity index (χ0) is 13.8. The summed E-state index contributed by atoms with van der Waals surface area (Å²) < 4.78 is 5.27. The summed E-state index contributed by atoms with van der Waals surface area (Å²) in [7, 11) is 0. The minimum Gasteiger partial charge on any atom is -0.416 e. The van der Waals surface area contributed by atoms with E-state index in [1.807, 2.05) is 31.2 Å². The van der Waals surface area contributed by atoms with Crippen molar-refractivity contribution < 1.29 is 9.21 Å². The first-order chi connectivity index (χ1) is 9.10. The molecule has 0 aliphatic heterocycles. The molecule has 0 aliphatic rings. The monoisotopic (exact) mass is 276 g/mol. The van der Waals surface area contributed by atoms with Crippen LogP contribution in [0.15, 0.2) is 33.9 Å². The maximum atomic E-state index is 12.2. The summed E-state index contributed by atoms with van der Waals surface area (Å²) in [6.45, 7) is 5.67. The van der Waals surface area contributed by atoms with Crippen LogP contribution >= 0.6 is 11.8 Å². The number of rotatable bonds is 5. The minimum absolute atomic E-state index is 0.0727. The van der Waals surface area contributed by atoms with Gasteiger partial charge in [-0.05, 0) is 18.9 Å². The standard InChI is InChI=1S/C14H16N2O2S/c1-4-11-5-7-12(8-6-11)13(17)9(2)19-14-16-15-10(3)18-14/h5-9H,4H2,1-3H3/t9-/m1/s1. The van der Waals surface area contributed by atoms with Crippen molar-refractivity contribution in [2.24, 2.45) is 0 Å². The molecule has 0 bridgehead atoms. The van der Waals surface area contributed by atoms with Gasteiger partial charge in [0, 0.05) is 12.5 Å². The van der Waals surface area contributed by atoms with Gasteiger partial charge in [-0.2, -0.15) is 0 Å². The van der Waals surface area contributed by atoms with Gasteiger partial charge in [0.25, 0.3) is 5.22 Å². The largest absolute Gasteiger partial charge is 0.416 e. The van der Waals surface area contributed by atoms with E-state index >= 15 is 0 Å². The molecule has 0 amide bonds. The van der Waals surface area contributed by atoms with E-state index < -0.39 is 0 Å². The second-order valence-electron chi connectivity index (χ2n) is 4.26. The summed E-state index contributed by atoms with van der Waals surface area (Å²) in [6.07, 6.45) is 0.972. The first-order valence-corrected chi connectivity index (χ1v) is 7.08. The van der Waals surface area contributed by atoms with Crippen molar-refractivity contribution in [2.75, 3.05) is 0 Å². The molecule has 4 nitrogen and oxygen atoms in total. The van der Waals surface area contributed by atoms with Crippen LogP contribution in [0.3, 0.4) is 0 Å². The van der Waals surface area contributed by atoms with Gasteiger partial charge in [0.2, 0.25) is 5.89 Å². The van der Waals surface area contributed by atoms with E-state index in [1.54, 1.807) is 6.92 Å². The van der Waals surface area contributed by atoms with Crippen LogP contribution in [0.1, 0.15) is 35.7 Å². The lowest BCUT2D eigenvalue weighted by Gasteiger charge is -2.07. The number of aryl methyl sites for hydroxylation is 2. The Hall–Kier alpha value is -1.62. The van der Waals surface area contributed by atoms with Gasteiger partial charge < -0.3 is 4.42 Å². The molecule has 2 aromatic rings. The molecule has 1 aromatic heterocycles. The van der Waals surface area contributed by atoms with Crippen molar-refractivity contribution in [1.82, 2.24) is 10.2 Å². The van der Waals surface area contributed by atoms with Crippen molar-refractivity contribution in [3.8, 4) is 0 Å². The van der Waals surface area contributed by atoms with Crippen LogP contribution in [0, 0.1) is 6.92 Å². The highest BCUT2D eigenvalue weighted by Crippen LogP contribution is 2.24. The van der Waals surface area contributed by atoms with E-state index in [2.05, 4.69) is 17.1 Å². The molecule has 1 atom stereocenters. The third-order valence-corrected chi connectivity index (χ3v) is 3.74. The third-order valence-electron chi connectivity index (χ3n) is 2.80. The molecule has 1 heterocycles. The zero-order valence-corrected chi connectivity index (χ0v) is 12.0. The number of hydrogen-bond donors (Lipinski definition) is 0. The minimum atomic E-state index is -0.243. The van der Waals surface area contributed by atoms with Crippen molar-refractivity contribution in [1.29, 1.82) is 0 Å². The molecule has 19 heavy (non-hydrogen) atoms. The molecular weight excluding hydrogens is 260 g/mol. The SMILES string of the molecule is CCc1ccc(C(=O)[C@@H](C)Sc2nnc(C)o2)cc1. The molecule has 5 heteroatoms. The van der Waals surface area contributed by atoms with Crippen LogP contribution in [0.4, 0.5) is 0 Å². The summed E-state index contributed by atoms with van der Waals surface area (Å²) in [5.41, 5.74) is 1.94. The Kier molecular flexibility index (Phi) is 4.37. The molecule has 0 aliphatic carbocycles. The summed E-state index contributed by atoms with van der Waals surface area (Å²) >= 11 is 1.29. The number of thioether (sulfide) groups is 1. The molecule has 0 saturated heterocycles. The van der Waals surface area contributed by atoms with Gasteiger partial charge >= 0.3 is 0 Å². The second-order valence-corrected chi connectivity index (χ2v) is 5.55. The van der Waals surface area contributed by atoms with Crippen molar-refractivity contribution in [3.63, 3.8) is 0 Å². The highest BCUT2D eigenvalue weighted by Gasteiger charge is 2.19. The number of hydrogen-bond acceptors (Lipinski definition) is 5. The first kappa shape index (κ1) is 13.8. The molecular formula is C14H16N2O2S. The number of Topliss-reactive ketones (excluding diaryl/α,β-unsaturated/α-hetero) is 1. The van der Waals surface area contributed by atoms with E-state index in [0.29, 0.717) is 16.7 Å². The van der Waals surface area contributed by atoms with Gasteiger partial charge in [0.05, 0.1) is 5.25 Å². The van der Waals surface area contributed by atoms with E-state index in [0.717, 1.165) is 6.42 Å². The average Bonchev–Trinajstić information content (AvgIpc) is 2.83. The van der Waals surface area contributed by atoms with Gasteiger partial charge in [0.1, 0.15) is 0 Å². The number of carbonyl (C=O) groups excluding carboxylic acids is 1. The van der Waals surface area contributed by atoms with Crippen LogP contribution < -0.4 is 0 Å². The maximum absolute atomic E-state index is 12.2. The van der Waals surface area contributed by atoms with Crippen LogP contribution in [0.25, 0.3) is 0 Å². The van der Waals surface area contributed by atoms with Gasteiger partial charge in [0.15, 0.2) is 5.78 Å². The summed E-state index contributed by atoms with van der Waals surface area (Å²) in [4.78, 5) is 12.2. The van der Waals surface area contributed by atoms with Crippen molar-refractivity contribution in [2.45, 2.75) is 37.7 Å². The fourth-order valence-electron chi connectivity index (χ4n) is 1.67. The van der Waals surface area contributed by atoms with Crippen molar-refractivity contribution >= 4 is 17.5 Å². The van der Waals surface area contributed by atoms with Crippen LogP contribution in [-0.2, 0) is 6.42 Å². The molecule has 0 spiro atoms. The molecule has 1 aromatic carbocycles. The number of ketones is 1. The smallest absolute Gasteiger partial charge is 0.277 e. The van der Waals surface area contributed by atoms with E-state index in [1.165, 1.54) is 17.3 Å². The molecule has 0 unspecified atom stereocenters. The van der Waals surface area contributed by atoms with Crippen LogP contribution in [0.5, 0.6) is 0 Å². The van der Waals surface area contributed by atoms with Gasteiger partial charge in [-0.25, -0.2) is 0 Å². The van der Waals surface area contributed by atoms with E-state index in [4.69, 9.17) is 4.42 Å². The Morgan fingerprint density at radius 2 is 2.00 bits per heavy atom. The Balaban J connectivity index is 2.05. The quantitative estimate of drug-likeness (QED) is 0.619. The van der Waals surface area contributed by atoms with Crippen LogP contribution in [-0.4, -0.2) is 21.2 Å². The number of carbonyl (C=O) groups is 1. The average molecular weight is 276 g/mol. The number of nitrogens with zero attached hydrogens (tertiary/aromatic N) is 2. The lowest BCUT2D eigenvalue weighted by Crippen LogP contribution is -2.13.